The Hall–Kier alpha value is -0.820. The van der Waals surface area contributed by atoms with Gasteiger partial charge in [0, 0.05) is 4.70 Å². The number of hydrogen-bond donors (Lipinski definition) is 0. The van der Waals surface area contributed by atoms with E-state index in [2.05, 4.69) is 0 Å². The van der Waals surface area contributed by atoms with Gasteiger partial charge in [-0.25, -0.2) is 0 Å². The molecule has 2 rings (SSSR count). The highest BCUT2D eigenvalue weighted by atomic mass is 32.1. The van der Waals surface area contributed by atoms with E-state index < -0.39 is 0 Å². The lowest BCUT2D eigenvalue weighted by molar-refractivity contribution is 1.86. The monoisotopic (exact) mass is 136 g/mol. The van der Waals surface area contributed by atoms with E-state index in [-0.39, 0.29) is 0 Å². The van der Waals surface area contributed by atoms with E-state index in [9.17, 15) is 0 Å². The molecule has 0 N–H and O–H groups in total. The Bertz CT molecular complexity index is 392. The highest BCUT2D eigenvalue weighted by Crippen LogP contribution is 2.18. The van der Waals surface area contributed by atoms with Crippen LogP contribution in [0.15, 0.2) is 35.7 Å². The molecule has 1 aromatic heterocycles. The zero-order chi connectivity index (χ0) is 7.84. The molecule has 0 amide bonds. The van der Waals surface area contributed by atoms with E-state index >= 15 is 0 Å². The second-order valence-corrected chi connectivity index (χ2v) is 2.67. The Labute approximate surface area is 60.6 Å². The molecule has 0 saturated carbocycles. The molecule has 0 nitrogen and oxygen atoms in total. The van der Waals surface area contributed by atoms with Crippen molar-refractivity contribution in [2.45, 2.75) is 0 Å². The summed E-state index contributed by atoms with van der Waals surface area (Å²) in [6.45, 7) is 0. The zero-order valence-electron chi connectivity index (χ0n) is 6.72. The molecule has 0 aliphatic rings. The molecule has 0 fully saturated rings. The molecule has 0 radical (unpaired) electrons. The molecule has 0 bridgehead atoms. The van der Waals surface area contributed by atoms with Gasteiger partial charge in [0.1, 0.15) is 0 Å². The zero-order valence-corrected chi connectivity index (χ0v) is 5.53. The lowest BCUT2D eigenvalue weighted by Gasteiger charge is -1.82. The first-order valence-electron chi connectivity index (χ1n) is 3.74. The summed E-state index contributed by atoms with van der Waals surface area (Å²) in [4.78, 5) is 0. The fourth-order valence-corrected chi connectivity index (χ4v) is 1.44. The SMILES string of the molecule is [2H]c1sc2ccccc2c1[2H]. The van der Waals surface area contributed by atoms with Crippen molar-refractivity contribution >= 4 is 21.4 Å². The summed E-state index contributed by atoms with van der Waals surface area (Å²) in [7, 11) is 0. The molecule has 0 aliphatic carbocycles. The number of thiophene rings is 1. The van der Waals surface area contributed by atoms with Crippen LogP contribution in [-0.4, -0.2) is 0 Å². The average Bonchev–Trinajstić information content (AvgIpc) is 2.30. The maximum atomic E-state index is 7.49. The number of hydrogen-bond acceptors (Lipinski definition) is 1. The third kappa shape index (κ3) is 0.736. The van der Waals surface area contributed by atoms with Gasteiger partial charge in [0.2, 0.25) is 0 Å². The van der Waals surface area contributed by atoms with Gasteiger partial charge in [-0.05, 0) is 22.9 Å². The predicted molar refractivity (Wildman–Crippen MR) is 41.8 cm³/mol. The van der Waals surface area contributed by atoms with Crippen molar-refractivity contribution in [1.82, 2.24) is 0 Å². The van der Waals surface area contributed by atoms with Crippen molar-refractivity contribution in [3.8, 4) is 0 Å². The Morgan fingerprint density at radius 1 is 1.33 bits per heavy atom. The molecule has 1 heterocycles. The van der Waals surface area contributed by atoms with Gasteiger partial charge in [-0.15, -0.1) is 11.3 Å². The molecule has 2 aromatic rings. The predicted octanol–water partition coefficient (Wildman–Crippen LogP) is 2.90. The minimum atomic E-state index is 0.352. The van der Waals surface area contributed by atoms with Gasteiger partial charge in [-0.3, -0.25) is 0 Å². The van der Waals surface area contributed by atoms with Crippen LogP contribution in [0.3, 0.4) is 0 Å². The van der Waals surface area contributed by atoms with Crippen LogP contribution in [0.25, 0.3) is 10.1 Å². The highest BCUT2D eigenvalue weighted by molar-refractivity contribution is 7.17. The van der Waals surface area contributed by atoms with Gasteiger partial charge < -0.3 is 0 Å². The third-order valence-corrected chi connectivity index (χ3v) is 2.01. The Kier molecular flexibility index (Phi) is 0.693. The summed E-state index contributed by atoms with van der Waals surface area (Å²) in [6.07, 6.45) is 0. The van der Waals surface area contributed by atoms with Crippen LogP contribution in [0.2, 0.25) is 0 Å². The van der Waals surface area contributed by atoms with Gasteiger partial charge in [0.05, 0.1) is 2.74 Å². The largest absolute Gasteiger partial charge is 0.144 e. The standard InChI is InChI=1S/C8H6S/c1-2-4-8-7(3-1)5-6-9-8/h1-6H/i5D,6D. The molecule has 44 valence electrons. The summed E-state index contributed by atoms with van der Waals surface area (Å²) in [6, 6.07) is 8.00. The molecular formula is C8H6S. The Morgan fingerprint density at radius 2 is 2.22 bits per heavy atom. The first-order chi connectivity index (χ1) is 5.29. The van der Waals surface area contributed by atoms with E-state index in [1.807, 2.05) is 24.3 Å². The van der Waals surface area contributed by atoms with E-state index in [0.717, 1.165) is 10.1 Å². The molecule has 9 heavy (non-hydrogen) atoms. The van der Waals surface area contributed by atoms with Gasteiger partial charge >= 0.3 is 0 Å². The van der Waals surface area contributed by atoms with E-state index in [0.29, 0.717) is 11.4 Å². The van der Waals surface area contributed by atoms with Gasteiger partial charge in [-0.2, -0.15) is 0 Å². The van der Waals surface area contributed by atoms with Crippen LogP contribution >= 0.6 is 11.3 Å². The lowest BCUT2D eigenvalue weighted by Crippen LogP contribution is -1.56. The number of fused-ring (bicyclic) bond motifs is 1. The second-order valence-electron chi connectivity index (χ2n) is 1.83. The van der Waals surface area contributed by atoms with Crippen LogP contribution in [0.5, 0.6) is 0 Å². The average molecular weight is 136 g/mol. The molecule has 0 spiro atoms. The van der Waals surface area contributed by atoms with E-state index in [1.165, 1.54) is 11.3 Å². The van der Waals surface area contributed by atoms with Crippen LogP contribution in [0.4, 0.5) is 0 Å². The van der Waals surface area contributed by atoms with Crippen molar-refractivity contribution < 1.29 is 2.74 Å². The van der Waals surface area contributed by atoms with Gasteiger partial charge in [-0.1, -0.05) is 18.2 Å². The fraction of sp³-hybridized carbons (Fsp3) is 0. The van der Waals surface area contributed by atoms with Gasteiger partial charge in [0.15, 0.2) is 0 Å². The van der Waals surface area contributed by atoms with Crippen molar-refractivity contribution in [2.24, 2.45) is 0 Å². The Balaban J connectivity index is 2.92. The van der Waals surface area contributed by atoms with Crippen molar-refractivity contribution in [1.29, 1.82) is 0 Å². The summed E-state index contributed by atoms with van der Waals surface area (Å²) < 4.78 is 15.9. The van der Waals surface area contributed by atoms with Crippen LogP contribution in [0.1, 0.15) is 2.74 Å². The number of rotatable bonds is 0. The minimum Gasteiger partial charge on any atom is -0.144 e. The summed E-state index contributed by atoms with van der Waals surface area (Å²) in [5.41, 5.74) is 0. The molecule has 1 aromatic carbocycles. The van der Waals surface area contributed by atoms with Crippen LogP contribution in [0, 0.1) is 0 Å². The topological polar surface area (TPSA) is 0 Å². The van der Waals surface area contributed by atoms with Crippen LogP contribution < -0.4 is 0 Å². The second kappa shape index (κ2) is 1.85. The van der Waals surface area contributed by atoms with Crippen molar-refractivity contribution in [3.63, 3.8) is 0 Å². The molecule has 0 atom stereocenters. The summed E-state index contributed by atoms with van der Waals surface area (Å²) in [5.74, 6) is 0. The van der Waals surface area contributed by atoms with Crippen LogP contribution in [-0.2, 0) is 0 Å². The summed E-state index contributed by atoms with van der Waals surface area (Å²) >= 11 is 1.36. The van der Waals surface area contributed by atoms with Crippen molar-refractivity contribution in [2.75, 3.05) is 0 Å². The van der Waals surface area contributed by atoms with Gasteiger partial charge in [0.25, 0.3) is 0 Å². The normalized spacial score (nSPS) is 13.3. The quantitative estimate of drug-likeness (QED) is 0.522. The smallest absolute Gasteiger partial charge is 0.0740 e. The molecule has 0 saturated heterocycles. The van der Waals surface area contributed by atoms with Crippen molar-refractivity contribution in [3.05, 3.63) is 35.7 Å². The molecular weight excluding hydrogens is 128 g/mol. The van der Waals surface area contributed by atoms with E-state index in [1.54, 1.807) is 0 Å². The minimum absolute atomic E-state index is 0.352. The maximum absolute atomic E-state index is 7.49. The summed E-state index contributed by atoms with van der Waals surface area (Å²) in [5, 5.41) is 1.24. The third-order valence-electron chi connectivity index (χ3n) is 1.23. The lowest BCUT2D eigenvalue weighted by atomic mass is 10.3. The molecule has 0 unspecified atom stereocenters. The molecule has 0 aliphatic heterocycles. The fourth-order valence-electron chi connectivity index (χ4n) is 0.794. The first kappa shape index (κ1) is 3.37. The number of benzene rings is 1. The molecule has 1 heteroatoms. The highest BCUT2D eigenvalue weighted by Gasteiger charge is 1.87. The Morgan fingerprint density at radius 3 is 3.11 bits per heavy atom. The van der Waals surface area contributed by atoms with E-state index in [4.69, 9.17) is 2.74 Å². The maximum Gasteiger partial charge on any atom is 0.0740 e. The first-order valence-corrected chi connectivity index (χ1v) is 3.55.